The van der Waals surface area contributed by atoms with Gasteiger partial charge in [0.15, 0.2) is 5.75 Å². The molecule has 0 unspecified atom stereocenters. The van der Waals surface area contributed by atoms with E-state index in [0.717, 1.165) is 0 Å². The Labute approximate surface area is 191 Å². The van der Waals surface area contributed by atoms with Gasteiger partial charge in [0.05, 0.1) is 20.1 Å². The van der Waals surface area contributed by atoms with Gasteiger partial charge < -0.3 is 4.18 Å². The number of halogens is 2. The Morgan fingerprint density at radius 3 is 1.83 bits per heavy atom. The molecule has 3 aromatic carbocycles. The summed E-state index contributed by atoms with van der Waals surface area (Å²) < 4.78 is 55.1. The number of hydrazone groups is 1. The molecule has 0 aliphatic rings. The summed E-state index contributed by atoms with van der Waals surface area (Å²) in [6, 6.07) is 18.6. The van der Waals surface area contributed by atoms with Crippen molar-refractivity contribution in [1.82, 2.24) is 4.83 Å². The topological polar surface area (TPSA) is 102 Å². The molecule has 7 nitrogen and oxygen atoms in total. The van der Waals surface area contributed by atoms with Crippen molar-refractivity contribution in [2.75, 3.05) is 0 Å². The predicted molar refractivity (Wildman–Crippen MR) is 120 cm³/mol. The quantitative estimate of drug-likeness (QED) is 0.258. The molecule has 11 heteroatoms. The third kappa shape index (κ3) is 5.48. The van der Waals surface area contributed by atoms with Crippen LogP contribution in [-0.2, 0) is 20.1 Å². The lowest BCUT2D eigenvalue weighted by molar-refractivity contribution is 0.483. The molecule has 0 amide bonds. The van der Waals surface area contributed by atoms with E-state index in [0.29, 0.717) is 14.5 Å². The van der Waals surface area contributed by atoms with Crippen molar-refractivity contribution in [3.8, 4) is 5.75 Å². The van der Waals surface area contributed by atoms with Crippen molar-refractivity contribution < 1.29 is 21.0 Å². The lowest BCUT2D eigenvalue weighted by Gasteiger charge is -2.11. The highest BCUT2D eigenvalue weighted by atomic mass is 79.9. The minimum absolute atomic E-state index is 0.0183. The van der Waals surface area contributed by atoms with Crippen LogP contribution in [0.1, 0.15) is 5.56 Å². The summed E-state index contributed by atoms with van der Waals surface area (Å²) in [5.74, 6) is 0.0564. The summed E-state index contributed by atoms with van der Waals surface area (Å²) in [7, 11) is -7.81. The molecule has 0 spiro atoms. The highest BCUT2D eigenvalue weighted by Gasteiger charge is 2.20. The van der Waals surface area contributed by atoms with Crippen LogP contribution in [0.5, 0.6) is 5.75 Å². The fourth-order valence-electron chi connectivity index (χ4n) is 2.30. The minimum Gasteiger partial charge on any atom is -0.377 e. The number of nitrogens with zero attached hydrogens (tertiary/aromatic N) is 1. The summed E-state index contributed by atoms with van der Waals surface area (Å²) in [5, 5.41) is 3.76. The second-order valence-electron chi connectivity index (χ2n) is 5.83. The van der Waals surface area contributed by atoms with Crippen LogP contribution in [0, 0.1) is 0 Å². The van der Waals surface area contributed by atoms with Crippen molar-refractivity contribution >= 4 is 58.2 Å². The highest BCUT2D eigenvalue weighted by Crippen LogP contribution is 2.36. The zero-order valence-corrected chi connectivity index (χ0v) is 19.9. The summed E-state index contributed by atoms with van der Waals surface area (Å²) in [5.41, 5.74) is 0.494. The summed E-state index contributed by atoms with van der Waals surface area (Å²) in [6.07, 6.45) is 1.28. The molecule has 3 aromatic rings. The smallest absolute Gasteiger partial charge is 0.339 e. The Balaban J connectivity index is 1.79. The second kappa shape index (κ2) is 9.29. The van der Waals surface area contributed by atoms with E-state index >= 15 is 0 Å². The largest absolute Gasteiger partial charge is 0.377 e. The first kappa shape index (κ1) is 22.5. The van der Waals surface area contributed by atoms with Gasteiger partial charge >= 0.3 is 10.1 Å². The first-order valence-electron chi connectivity index (χ1n) is 8.27. The number of nitrogens with one attached hydrogen (secondary N) is 1. The third-order valence-electron chi connectivity index (χ3n) is 3.69. The monoisotopic (exact) mass is 572 g/mol. The number of hydrogen-bond acceptors (Lipinski definition) is 6. The standard InChI is InChI=1S/C19H14Br2N2O5S2/c20-17-11-14(13-22-23-29(24,25)15-7-3-1-4-8-15)12-18(21)19(17)28-30(26,27)16-9-5-2-6-10-16/h1-13,23H/b22-13-. The molecule has 0 aliphatic heterocycles. The molecular formula is C19H14Br2N2O5S2. The van der Waals surface area contributed by atoms with Gasteiger partial charge in [-0.15, -0.1) is 0 Å². The van der Waals surface area contributed by atoms with E-state index in [4.69, 9.17) is 4.18 Å². The Hall–Kier alpha value is -2.21. The fraction of sp³-hybridized carbons (Fsp3) is 0. The molecule has 0 heterocycles. The van der Waals surface area contributed by atoms with Crippen molar-refractivity contribution in [2.45, 2.75) is 9.79 Å². The average molecular weight is 574 g/mol. The van der Waals surface area contributed by atoms with Crippen LogP contribution >= 0.6 is 31.9 Å². The fourth-order valence-corrected chi connectivity index (χ4v) is 5.70. The minimum atomic E-state index is -4.02. The summed E-state index contributed by atoms with van der Waals surface area (Å²) in [6.45, 7) is 0. The van der Waals surface area contributed by atoms with Gasteiger partial charge in [0.25, 0.3) is 10.0 Å². The molecule has 3 rings (SSSR count). The number of benzene rings is 3. The van der Waals surface area contributed by atoms with E-state index < -0.39 is 20.1 Å². The Morgan fingerprint density at radius 1 is 0.800 bits per heavy atom. The van der Waals surface area contributed by atoms with Crippen LogP contribution < -0.4 is 9.01 Å². The Kier molecular flexibility index (Phi) is 6.96. The molecular weight excluding hydrogens is 560 g/mol. The van der Waals surface area contributed by atoms with Gasteiger partial charge in [-0.25, -0.2) is 4.83 Å². The number of hydrogen-bond donors (Lipinski definition) is 1. The van der Waals surface area contributed by atoms with Crippen molar-refractivity contribution in [3.63, 3.8) is 0 Å². The van der Waals surface area contributed by atoms with E-state index in [1.165, 1.54) is 30.5 Å². The van der Waals surface area contributed by atoms with Crippen molar-refractivity contribution in [3.05, 3.63) is 87.3 Å². The highest BCUT2D eigenvalue weighted by molar-refractivity contribution is 9.11. The van der Waals surface area contributed by atoms with Crippen LogP contribution in [0.4, 0.5) is 0 Å². The Bertz CT molecular complexity index is 1260. The van der Waals surface area contributed by atoms with Crippen molar-refractivity contribution in [2.24, 2.45) is 5.10 Å². The van der Waals surface area contributed by atoms with Crippen LogP contribution in [0.15, 0.2) is 96.6 Å². The molecule has 1 N–H and O–H groups in total. The SMILES string of the molecule is O=S(=O)(N/N=C\c1cc(Br)c(OS(=O)(=O)c2ccccc2)c(Br)c1)c1ccccc1. The van der Waals surface area contributed by atoms with Gasteiger partial charge in [0.1, 0.15) is 4.90 Å². The van der Waals surface area contributed by atoms with E-state index in [-0.39, 0.29) is 15.5 Å². The zero-order valence-electron chi connectivity index (χ0n) is 15.1. The van der Waals surface area contributed by atoms with Crippen LogP contribution in [-0.4, -0.2) is 23.1 Å². The lowest BCUT2D eigenvalue weighted by Crippen LogP contribution is -2.18. The van der Waals surface area contributed by atoms with Crippen LogP contribution in [0.2, 0.25) is 0 Å². The van der Waals surface area contributed by atoms with Crippen LogP contribution in [0.25, 0.3) is 0 Å². The maximum Gasteiger partial charge on any atom is 0.339 e. The third-order valence-corrected chi connectivity index (χ3v) is 7.34. The van der Waals surface area contributed by atoms with Gasteiger partial charge in [-0.05, 0) is 73.8 Å². The summed E-state index contributed by atoms with van der Waals surface area (Å²) >= 11 is 6.54. The van der Waals surface area contributed by atoms with E-state index in [1.807, 2.05) is 0 Å². The van der Waals surface area contributed by atoms with Gasteiger partial charge in [-0.2, -0.15) is 21.9 Å². The Morgan fingerprint density at radius 2 is 1.30 bits per heavy atom. The normalized spacial score (nSPS) is 12.1. The van der Waals surface area contributed by atoms with Crippen molar-refractivity contribution in [1.29, 1.82) is 0 Å². The molecule has 30 heavy (non-hydrogen) atoms. The molecule has 156 valence electrons. The molecule has 0 fully saturated rings. The first-order valence-corrected chi connectivity index (χ1v) is 12.8. The van der Waals surface area contributed by atoms with E-state index in [9.17, 15) is 16.8 Å². The molecule has 0 radical (unpaired) electrons. The molecule has 0 atom stereocenters. The first-order chi connectivity index (χ1) is 14.2. The summed E-state index contributed by atoms with van der Waals surface area (Å²) in [4.78, 5) is 2.22. The predicted octanol–water partition coefficient (Wildman–Crippen LogP) is 4.29. The van der Waals surface area contributed by atoms with Crippen LogP contribution in [0.3, 0.4) is 0 Å². The maximum absolute atomic E-state index is 12.4. The molecule has 0 saturated heterocycles. The zero-order chi connectivity index (χ0) is 21.8. The van der Waals surface area contributed by atoms with Gasteiger partial charge in [-0.1, -0.05) is 36.4 Å². The second-order valence-corrected chi connectivity index (χ2v) is 10.7. The molecule has 0 aromatic heterocycles. The number of rotatable bonds is 7. The van der Waals surface area contributed by atoms with Gasteiger partial charge in [0, 0.05) is 0 Å². The van der Waals surface area contributed by atoms with E-state index in [2.05, 4.69) is 41.8 Å². The molecule has 0 saturated carbocycles. The number of sulfonamides is 1. The molecule has 0 bridgehead atoms. The average Bonchev–Trinajstić information content (AvgIpc) is 2.72. The van der Waals surface area contributed by atoms with Gasteiger partial charge in [-0.3, -0.25) is 0 Å². The molecule has 0 aliphatic carbocycles. The van der Waals surface area contributed by atoms with Gasteiger partial charge in [0.2, 0.25) is 0 Å². The lowest BCUT2D eigenvalue weighted by atomic mass is 10.2. The van der Waals surface area contributed by atoms with E-state index in [1.54, 1.807) is 48.5 Å². The maximum atomic E-state index is 12.4.